The molecule has 0 spiro atoms. The van der Waals surface area contributed by atoms with Crippen LogP contribution in [0.2, 0.25) is 5.02 Å². The van der Waals surface area contributed by atoms with Crippen LogP contribution in [0.15, 0.2) is 30.7 Å². The van der Waals surface area contributed by atoms with E-state index < -0.39 is 0 Å². The lowest BCUT2D eigenvalue weighted by atomic mass is 10.1. The maximum absolute atomic E-state index is 12.0. The molecule has 6 heteroatoms. The lowest BCUT2D eigenvalue weighted by Gasteiger charge is -2.05. The molecule has 0 saturated carbocycles. The Bertz CT molecular complexity index is 672. The van der Waals surface area contributed by atoms with Crippen LogP contribution in [-0.2, 0) is 6.42 Å². The van der Waals surface area contributed by atoms with Crippen molar-refractivity contribution < 1.29 is 9.90 Å². The topological polar surface area (TPSA) is 78.0 Å². The largest absolute Gasteiger partial charge is 0.384 e. The highest BCUT2D eigenvalue weighted by Gasteiger charge is 2.07. The van der Waals surface area contributed by atoms with Crippen LogP contribution in [0.1, 0.15) is 21.6 Å². The molecule has 5 nitrogen and oxygen atoms in total. The fraction of sp³-hybridized carbons (Fsp3) is 0.200. The Hall–Kier alpha value is -2.29. The van der Waals surface area contributed by atoms with Crippen molar-refractivity contribution in [1.29, 1.82) is 0 Å². The van der Waals surface area contributed by atoms with Crippen LogP contribution >= 0.6 is 11.6 Å². The molecule has 1 aromatic heterocycles. The maximum Gasteiger partial charge on any atom is 0.251 e. The molecule has 0 aliphatic rings. The maximum atomic E-state index is 12.0. The van der Waals surface area contributed by atoms with E-state index in [1.807, 2.05) is 0 Å². The second kappa shape index (κ2) is 7.48. The highest BCUT2D eigenvalue weighted by molar-refractivity contribution is 6.32. The summed E-state index contributed by atoms with van der Waals surface area (Å²) in [5.74, 6) is 5.03. The molecule has 0 aliphatic heterocycles. The number of H-pyrrole nitrogens is 1. The van der Waals surface area contributed by atoms with E-state index in [2.05, 4.69) is 27.1 Å². The van der Waals surface area contributed by atoms with Crippen molar-refractivity contribution >= 4 is 17.5 Å². The summed E-state index contributed by atoms with van der Waals surface area (Å²) in [6, 6.07) is 4.88. The standard InChI is InChI=1S/C15H14ClN3O2/c16-14-8-12(4-3-11(14)2-1-7-20)15(21)18-6-5-13-9-17-10-19-13/h3-4,8-10,20H,5-7H2,(H,17,19)(H,18,21). The predicted molar refractivity (Wildman–Crippen MR) is 80.0 cm³/mol. The zero-order chi connectivity index (χ0) is 15.1. The first kappa shape index (κ1) is 15.1. The van der Waals surface area contributed by atoms with Crippen molar-refractivity contribution in [2.24, 2.45) is 0 Å². The molecule has 1 aromatic carbocycles. The highest BCUT2D eigenvalue weighted by atomic mass is 35.5. The zero-order valence-electron chi connectivity index (χ0n) is 11.2. The van der Waals surface area contributed by atoms with Gasteiger partial charge in [0.2, 0.25) is 0 Å². The number of rotatable bonds is 4. The van der Waals surface area contributed by atoms with Crippen molar-refractivity contribution in [3.05, 3.63) is 52.6 Å². The SMILES string of the molecule is O=C(NCCc1cnc[nH]1)c1ccc(C#CCO)c(Cl)c1. The first-order valence-electron chi connectivity index (χ1n) is 6.35. The van der Waals surface area contributed by atoms with E-state index >= 15 is 0 Å². The number of aromatic amines is 1. The lowest BCUT2D eigenvalue weighted by molar-refractivity contribution is 0.0954. The predicted octanol–water partition coefficient (Wildman–Crippen LogP) is 1.38. The fourth-order valence-electron chi connectivity index (χ4n) is 1.73. The summed E-state index contributed by atoms with van der Waals surface area (Å²) in [7, 11) is 0. The minimum atomic E-state index is -0.230. The van der Waals surface area contributed by atoms with Gasteiger partial charge in [-0.2, -0.15) is 0 Å². The van der Waals surface area contributed by atoms with Gasteiger partial charge in [-0.15, -0.1) is 0 Å². The number of amides is 1. The quantitative estimate of drug-likeness (QED) is 0.747. The van der Waals surface area contributed by atoms with E-state index in [0.717, 1.165) is 5.69 Å². The van der Waals surface area contributed by atoms with Gasteiger partial charge in [-0.05, 0) is 18.2 Å². The Labute approximate surface area is 127 Å². The average molecular weight is 304 g/mol. The number of hydrogen-bond acceptors (Lipinski definition) is 3. The molecule has 0 atom stereocenters. The molecule has 21 heavy (non-hydrogen) atoms. The first-order chi connectivity index (χ1) is 10.2. The number of aromatic nitrogens is 2. The number of nitrogens with one attached hydrogen (secondary N) is 2. The van der Waals surface area contributed by atoms with Gasteiger partial charge in [-0.3, -0.25) is 4.79 Å². The summed E-state index contributed by atoms with van der Waals surface area (Å²) < 4.78 is 0. The van der Waals surface area contributed by atoms with Gasteiger partial charge >= 0.3 is 0 Å². The first-order valence-corrected chi connectivity index (χ1v) is 6.73. The molecule has 108 valence electrons. The summed E-state index contributed by atoms with van der Waals surface area (Å²) in [4.78, 5) is 18.9. The van der Waals surface area contributed by atoms with E-state index in [9.17, 15) is 4.79 Å². The Morgan fingerprint density at radius 3 is 3.00 bits per heavy atom. The van der Waals surface area contributed by atoms with Crippen molar-refractivity contribution in [3.63, 3.8) is 0 Å². The molecule has 2 aromatic rings. The Morgan fingerprint density at radius 1 is 1.48 bits per heavy atom. The second-order valence-electron chi connectivity index (χ2n) is 4.24. The second-order valence-corrected chi connectivity index (χ2v) is 4.64. The van der Waals surface area contributed by atoms with Crippen LogP contribution in [0.3, 0.4) is 0 Å². The van der Waals surface area contributed by atoms with E-state index in [4.69, 9.17) is 16.7 Å². The third-order valence-corrected chi connectivity index (χ3v) is 3.08. The number of aliphatic hydroxyl groups excluding tert-OH is 1. The molecule has 3 N–H and O–H groups in total. The minimum Gasteiger partial charge on any atom is -0.384 e. The van der Waals surface area contributed by atoms with Crippen LogP contribution < -0.4 is 5.32 Å². The summed E-state index contributed by atoms with van der Waals surface area (Å²) in [6.45, 7) is 0.275. The molecule has 0 unspecified atom stereocenters. The lowest BCUT2D eigenvalue weighted by Crippen LogP contribution is -2.25. The number of hydrogen-bond donors (Lipinski definition) is 3. The van der Waals surface area contributed by atoms with Crippen LogP contribution in [0.5, 0.6) is 0 Å². The number of carbonyl (C=O) groups excluding carboxylic acids is 1. The summed E-state index contributed by atoms with van der Waals surface area (Å²) in [5.41, 5.74) is 2.02. The van der Waals surface area contributed by atoms with Crippen LogP contribution in [-0.4, -0.2) is 34.1 Å². The van der Waals surface area contributed by atoms with E-state index in [0.29, 0.717) is 29.1 Å². The number of benzene rings is 1. The van der Waals surface area contributed by atoms with Crippen LogP contribution in [0.4, 0.5) is 0 Å². The van der Waals surface area contributed by atoms with Crippen molar-refractivity contribution in [1.82, 2.24) is 15.3 Å². The van der Waals surface area contributed by atoms with Gasteiger partial charge in [-0.1, -0.05) is 23.4 Å². The minimum absolute atomic E-state index is 0.196. The monoisotopic (exact) mass is 303 g/mol. The zero-order valence-corrected chi connectivity index (χ0v) is 11.9. The van der Waals surface area contributed by atoms with Gasteiger partial charge in [0, 0.05) is 36.0 Å². The molecule has 0 saturated heterocycles. The number of carbonyl (C=O) groups is 1. The van der Waals surface area contributed by atoms with E-state index in [1.54, 1.807) is 30.7 Å². The third kappa shape index (κ3) is 4.35. The van der Waals surface area contributed by atoms with Crippen molar-refractivity contribution in [2.45, 2.75) is 6.42 Å². The van der Waals surface area contributed by atoms with Gasteiger partial charge in [0.25, 0.3) is 5.91 Å². The molecular formula is C15H14ClN3O2. The normalized spacial score (nSPS) is 9.81. The van der Waals surface area contributed by atoms with Crippen LogP contribution in [0, 0.1) is 11.8 Å². The molecule has 0 bridgehead atoms. The van der Waals surface area contributed by atoms with E-state index in [1.165, 1.54) is 0 Å². The average Bonchev–Trinajstić information content (AvgIpc) is 2.99. The molecule has 0 aliphatic carbocycles. The van der Waals surface area contributed by atoms with E-state index in [-0.39, 0.29) is 12.5 Å². The highest BCUT2D eigenvalue weighted by Crippen LogP contribution is 2.17. The Kier molecular flexibility index (Phi) is 5.38. The molecular weight excluding hydrogens is 290 g/mol. The van der Waals surface area contributed by atoms with Gasteiger partial charge in [-0.25, -0.2) is 4.98 Å². The molecule has 0 radical (unpaired) electrons. The number of aliphatic hydroxyl groups is 1. The summed E-state index contributed by atoms with van der Waals surface area (Å²) in [6.07, 6.45) is 4.00. The summed E-state index contributed by atoms with van der Waals surface area (Å²) in [5, 5.41) is 11.8. The van der Waals surface area contributed by atoms with Gasteiger partial charge in [0.05, 0.1) is 11.3 Å². The molecule has 1 amide bonds. The van der Waals surface area contributed by atoms with Gasteiger partial charge in [0.15, 0.2) is 0 Å². The van der Waals surface area contributed by atoms with Crippen molar-refractivity contribution in [3.8, 4) is 11.8 Å². The van der Waals surface area contributed by atoms with Crippen molar-refractivity contribution in [2.75, 3.05) is 13.2 Å². The fourth-order valence-corrected chi connectivity index (χ4v) is 1.95. The number of halogens is 1. The number of nitrogens with zero attached hydrogens (tertiary/aromatic N) is 1. The molecule has 0 fully saturated rings. The Balaban J connectivity index is 1.94. The van der Waals surface area contributed by atoms with Gasteiger partial charge < -0.3 is 15.4 Å². The third-order valence-electron chi connectivity index (χ3n) is 2.77. The van der Waals surface area contributed by atoms with Crippen LogP contribution in [0.25, 0.3) is 0 Å². The summed E-state index contributed by atoms with van der Waals surface area (Å²) >= 11 is 6.05. The molecule has 2 rings (SSSR count). The van der Waals surface area contributed by atoms with Gasteiger partial charge in [0.1, 0.15) is 6.61 Å². The molecule has 1 heterocycles. The smallest absolute Gasteiger partial charge is 0.251 e. The number of imidazole rings is 1. The Morgan fingerprint density at radius 2 is 2.33 bits per heavy atom.